The molecule has 0 radical (unpaired) electrons. The second-order valence-electron chi connectivity index (χ2n) is 5.73. The SMILES string of the molecule is CC1CCCC2C(C)C(C)C(C)C12. The summed E-state index contributed by atoms with van der Waals surface area (Å²) in [5.74, 6) is 6.06. The Morgan fingerprint density at radius 1 is 0.769 bits per heavy atom. The molecule has 2 aliphatic carbocycles. The highest BCUT2D eigenvalue weighted by atomic mass is 14.5. The van der Waals surface area contributed by atoms with Crippen molar-refractivity contribution >= 4 is 0 Å². The van der Waals surface area contributed by atoms with E-state index in [1.54, 1.807) is 0 Å². The lowest BCUT2D eigenvalue weighted by Gasteiger charge is -2.35. The normalized spacial score (nSPS) is 56.3. The molecule has 0 saturated heterocycles. The average Bonchev–Trinajstić information content (AvgIpc) is 2.33. The van der Waals surface area contributed by atoms with Crippen LogP contribution in [-0.4, -0.2) is 0 Å². The third-order valence-corrected chi connectivity index (χ3v) is 5.29. The third kappa shape index (κ3) is 1.33. The van der Waals surface area contributed by atoms with E-state index in [4.69, 9.17) is 0 Å². The summed E-state index contributed by atoms with van der Waals surface area (Å²) in [5, 5.41) is 0. The minimum Gasteiger partial charge on any atom is -0.0622 e. The Kier molecular flexibility index (Phi) is 2.42. The van der Waals surface area contributed by atoms with E-state index in [0.717, 1.165) is 35.5 Å². The molecule has 0 aromatic carbocycles. The van der Waals surface area contributed by atoms with Crippen molar-refractivity contribution in [2.24, 2.45) is 35.5 Å². The lowest BCUT2D eigenvalue weighted by molar-refractivity contribution is 0.146. The Bertz CT molecular complexity index is 184. The van der Waals surface area contributed by atoms with Gasteiger partial charge in [0.25, 0.3) is 0 Å². The van der Waals surface area contributed by atoms with Crippen LogP contribution in [0.5, 0.6) is 0 Å². The molecule has 0 N–H and O–H groups in total. The first kappa shape index (κ1) is 9.55. The molecule has 2 saturated carbocycles. The van der Waals surface area contributed by atoms with Crippen molar-refractivity contribution in [3.05, 3.63) is 0 Å². The van der Waals surface area contributed by atoms with Crippen molar-refractivity contribution in [2.45, 2.75) is 47.0 Å². The highest BCUT2D eigenvalue weighted by Gasteiger charge is 2.46. The Balaban J connectivity index is 2.19. The van der Waals surface area contributed by atoms with Gasteiger partial charge in [-0.05, 0) is 41.9 Å². The summed E-state index contributed by atoms with van der Waals surface area (Å²) < 4.78 is 0. The third-order valence-electron chi connectivity index (χ3n) is 5.29. The fraction of sp³-hybridized carbons (Fsp3) is 1.00. The summed E-state index contributed by atoms with van der Waals surface area (Å²) >= 11 is 0. The predicted octanol–water partition coefficient (Wildman–Crippen LogP) is 3.96. The Labute approximate surface area is 83.1 Å². The fourth-order valence-corrected chi connectivity index (χ4v) is 4.22. The number of hydrogen-bond acceptors (Lipinski definition) is 0. The van der Waals surface area contributed by atoms with Crippen molar-refractivity contribution < 1.29 is 0 Å². The monoisotopic (exact) mass is 180 g/mol. The van der Waals surface area contributed by atoms with Gasteiger partial charge in [0, 0.05) is 0 Å². The van der Waals surface area contributed by atoms with E-state index in [1.807, 2.05) is 0 Å². The number of hydrogen-bond donors (Lipinski definition) is 0. The lowest BCUT2D eigenvalue weighted by atomic mass is 9.70. The molecule has 2 rings (SSSR count). The standard InChI is InChI=1S/C13H24/c1-8-6-5-7-12-10(3)9(2)11(4)13(8)12/h8-13H,5-7H2,1-4H3. The smallest absolute Gasteiger partial charge is 0.0329 e. The van der Waals surface area contributed by atoms with Crippen molar-refractivity contribution in [2.75, 3.05) is 0 Å². The van der Waals surface area contributed by atoms with Crippen LogP contribution in [0.1, 0.15) is 47.0 Å². The summed E-state index contributed by atoms with van der Waals surface area (Å²) in [7, 11) is 0. The van der Waals surface area contributed by atoms with Crippen LogP contribution in [0.25, 0.3) is 0 Å². The Hall–Kier alpha value is 0. The molecule has 6 unspecified atom stereocenters. The van der Waals surface area contributed by atoms with Crippen molar-refractivity contribution in [1.29, 1.82) is 0 Å². The van der Waals surface area contributed by atoms with E-state index in [0.29, 0.717) is 0 Å². The first-order chi connectivity index (χ1) is 6.13. The molecular formula is C13H24. The van der Waals surface area contributed by atoms with Gasteiger partial charge < -0.3 is 0 Å². The highest BCUT2D eigenvalue weighted by molar-refractivity contribution is 4.95. The minimum atomic E-state index is 0.968. The van der Waals surface area contributed by atoms with E-state index >= 15 is 0 Å². The van der Waals surface area contributed by atoms with E-state index in [2.05, 4.69) is 27.7 Å². The van der Waals surface area contributed by atoms with Gasteiger partial charge in [-0.25, -0.2) is 0 Å². The average molecular weight is 180 g/mol. The van der Waals surface area contributed by atoms with Gasteiger partial charge in [0.15, 0.2) is 0 Å². The quantitative estimate of drug-likeness (QED) is 0.529. The van der Waals surface area contributed by atoms with Crippen LogP contribution in [0.4, 0.5) is 0 Å². The van der Waals surface area contributed by atoms with E-state index in [-0.39, 0.29) is 0 Å². The maximum absolute atomic E-state index is 2.49. The van der Waals surface area contributed by atoms with Crippen LogP contribution in [-0.2, 0) is 0 Å². The first-order valence-electron chi connectivity index (χ1n) is 6.13. The summed E-state index contributed by atoms with van der Waals surface area (Å²) in [6.07, 6.45) is 4.50. The van der Waals surface area contributed by atoms with Crippen LogP contribution in [0, 0.1) is 35.5 Å². The Morgan fingerprint density at radius 3 is 2.08 bits per heavy atom. The second kappa shape index (κ2) is 3.29. The van der Waals surface area contributed by atoms with Gasteiger partial charge in [0.2, 0.25) is 0 Å². The second-order valence-corrected chi connectivity index (χ2v) is 5.73. The van der Waals surface area contributed by atoms with Crippen molar-refractivity contribution in [1.82, 2.24) is 0 Å². The van der Waals surface area contributed by atoms with Gasteiger partial charge in [-0.2, -0.15) is 0 Å². The largest absolute Gasteiger partial charge is 0.0622 e. The molecule has 0 heteroatoms. The van der Waals surface area contributed by atoms with Gasteiger partial charge in [-0.3, -0.25) is 0 Å². The number of rotatable bonds is 0. The van der Waals surface area contributed by atoms with Gasteiger partial charge in [0.1, 0.15) is 0 Å². The molecule has 6 atom stereocenters. The van der Waals surface area contributed by atoms with Gasteiger partial charge >= 0.3 is 0 Å². The highest BCUT2D eigenvalue weighted by Crippen LogP contribution is 2.53. The zero-order valence-electron chi connectivity index (χ0n) is 9.59. The molecule has 0 aliphatic heterocycles. The van der Waals surface area contributed by atoms with Crippen molar-refractivity contribution in [3.63, 3.8) is 0 Å². The topological polar surface area (TPSA) is 0 Å². The summed E-state index contributed by atoms with van der Waals surface area (Å²) in [6, 6.07) is 0. The van der Waals surface area contributed by atoms with Gasteiger partial charge in [-0.1, -0.05) is 40.5 Å². The number of fused-ring (bicyclic) bond motifs is 1. The maximum atomic E-state index is 2.49. The summed E-state index contributed by atoms with van der Waals surface area (Å²) in [6.45, 7) is 9.94. The van der Waals surface area contributed by atoms with E-state index in [9.17, 15) is 0 Å². The maximum Gasteiger partial charge on any atom is -0.0329 e. The van der Waals surface area contributed by atoms with E-state index < -0.39 is 0 Å². The zero-order valence-corrected chi connectivity index (χ0v) is 9.59. The van der Waals surface area contributed by atoms with Gasteiger partial charge in [0.05, 0.1) is 0 Å². The van der Waals surface area contributed by atoms with Crippen LogP contribution in [0.2, 0.25) is 0 Å². The summed E-state index contributed by atoms with van der Waals surface area (Å²) in [5.41, 5.74) is 0. The minimum absolute atomic E-state index is 0.968. The molecule has 2 fully saturated rings. The van der Waals surface area contributed by atoms with Crippen LogP contribution < -0.4 is 0 Å². The van der Waals surface area contributed by atoms with Crippen LogP contribution >= 0.6 is 0 Å². The predicted molar refractivity (Wildman–Crippen MR) is 57.5 cm³/mol. The molecule has 0 heterocycles. The molecular weight excluding hydrogens is 156 g/mol. The Morgan fingerprint density at radius 2 is 1.46 bits per heavy atom. The lowest BCUT2D eigenvalue weighted by Crippen LogP contribution is -2.27. The van der Waals surface area contributed by atoms with Crippen molar-refractivity contribution in [3.8, 4) is 0 Å². The molecule has 0 aromatic heterocycles. The summed E-state index contributed by atoms with van der Waals surface area (Å²) in [4.78, 5) is 0. The molecule has 76 valence electrons. The van der Waals surface area contributed by atoms with E-state index in [1.165, 1.54) is 19.3 Å². The van der Waals surface area contributed by atoms with Crippen LogP contribution in [0.15, 0.2) is 0 Å². The van der Waals surface area contributed by atoms with Crippen LogP contribution in [0.3, 0.4) is 0 Å². The molecule has 0 spiro atoms. The molecule has 0 bridgehead atoms. The fourth-order valence-electron chi connectivity index (χ4n) is 4.22. The molecule has 0 nitrogen and oxygen atoms in total. The zero-order chi connectivity index (χ0) is 9.59. The molecule has 0 aromatic rings. The van der Waals surface area contributed by atoms with Gasteiger partial charge in [-0.15, -0.1) is 0 Å². The molecule has 13 heavy (non-hydrogen) atoms. The molecule has 2 aliphatic rings. The first-order valence-corrected chi connectivity index (χ1v) is 6.13. The molecule has 0 amide bonds.